The molecule has 2 heterocycles. The van der Waals surface area contributed by atoms with Gasteiger partial charge in [0, 0.05) is 31.6 Å². The Kier molecular flexibility index (Phi) is 5.06. The van der Waals surface area contributed by atoms with E-state index in [1.54, 1.807) is 0 Å². The number of fused-ring (bicyclic) bond motifs is 1. The molecule has 2 aromatic rings. The van der Waals surface area contributed by atoms with Crippen molar-refractivity contribution in [1.29, 1.82) is 0 Å². The van der Waals surface area contributed by atoms with E-state index in [1.807, 2.05) is 24.3 Å². The Balaban J connectivity index is 1.92. The minimum atomic E-state index is 0.189. The SMILES string of the molecule is OCCCNc1nc(N2CCCCCC2)nc2ccccc12. The van der Waals surface area contributed by atoms with E-state index in [2.05, 4.69) is 10.2 Å². The average Bonchev–Trinajstić information content (AvgIpc) is 2.84. The van der Waals surface area contributed by atoms with Crippen LogP contribution in [0.4, 0.5) is 11.8 Å². The Morgan fingerprint density at radius 3 is 2.59 bits per heavy atom. The van der Waals surface area contributed by atoms with E-state index in [0.717, 1.165) is 48.7 Å². The fourth-order valence-electron chi connectivity index (χ4n) is 2.90. The van der Waals surface area contributed by atoms with Crippen molar-refractivity contribution in [2.75, 3.05) is 36.5 Å². The molecule has 0 bridgehead atoms. The number of hydrogen-bond acceptors (Lipinski definition) is 5. The van der Waals surface area contributed by atoms with Crippen LogP contribution in [0.25, 0.3) is 10.9 Å². The maximum Gasteiger partial charge on any atom is 0.227 e. The summed E-state index contributed by atoms with van der Waals surface area (Å²) in [4.78, 5) is 11.8. The second kappa shape index (κ2) is 7.40. The van der Waals surface area contributed by atoms with Crippen LogP contribution in [0.2, 0.25) is 0 Å². The molecular formula is C17H24N4O. The highest BCUT2D eigenvalue weighted by atomic mass is 16.3. The molecule has 118 valence electrons. The zero-order valence-electron chi connectivity index (χ0n) is 13.0. The van der Waals surface area contributed by atoms with Gasteiger partial charge in [-0.2, -0.15) is 4.98 Å². The largest absolute Gasteiger partial charge is 0.396 e. The zero-order valence-corrected chi connectivity index (χ0v) is 13.0. The smallest absolute Gasteiger partial charge is 0.227 e. The van der Waals surface area contributed by atoms with Gasteiger partial charge in [-0.25, -0.2) is 4.98 Å². The van der Waals surface area contributed by atoms with Crippen LogP contribution in [-0.2, 0) is 0 Å². The Bertz CT molecular complexity index is 609. The van der Waals surface area contributed by atoms with Crippen LogP contribution < -0.4 is 10.2 Å². The molecule has 1 aliphatic heterocycles. The number of rotatable bonds is 5. The number of aliphatic hydroxyl groups excluding tert-OH is 1. The second-order valence-electron chi connectivity index (χ2n) is 5.79. The minimum Gasteiger partial charge on any atom is -0.396 e. The molecule has 0 aliphatic carbocycles. The van der Waals surface area contributed by atoms with Crippen molar-refractivity contribution >= 4 is 22.7 Å². The number of para-hydroxylation sites is 1. The lowest BCUT2D eigenvalue weighted by molar-refractivity contribution is 0.292. The first-order valence-electron chi connectivity index (χ1n) is 8.25. The van der Waals surface area contributed by atoms with Gasteiger partial charge in [0.05, 0.1) is 5.52 Å². The molecule has 3 rings (SSSR count). The van der Waals surface area contributed by atoms with E-state index in [0.29, 0.717) is 0 Å². The van der Waals surface area contributed by atoms with Gasteiger partial charge in [-0.3, -0.25) is 0 Å². The maximum absolute atomic E-state index is 8.97. The molecular weight excluding hydrogens is 276 g/mol. The van der Waals surface area contributed by atoms with Gasteiger partial charge in [-0.05, 0) is 31.4 Å². The molecule has 1 aromatic heterocycles. The van der Waals surface area contributed by atoms with Crippen LogP contribution >= 0.6 is 0 Å². The summed E-state index contributed by atoms with van der Waals surface area (Å²) in [6.07, 6.45) is 5.74. The predicted octanol–water partition coefficient (Wildman–Crippen LogP) is 2.80. The number of aliphatic hydroxyl groups is 1. The van der Waals surface area contributed by atoms with Crippen LogP contribution in [0.15, 0.2) is 24.3 Å². The van der Waals surface area contributed by atoms with Crippen molar-refractivity contribution in [2.24, 2.45) is 0 Å². The van der Waals surface area contributed by atoms with Gasteiger partial charge < -0.3 is 15.3 Å². The number of benzene rings is 1. The van der Waals surface area contributed by atoms with Crippen LogP contribution in [0.5, 0.6) is 0 Å². The summed E-state index contributed by atoms with van der Waals surface area (Å²) >= 11 is 0. The third-order valence-electron chi connectivity index (χ3n) is 4.11. The quantitative estimate of drug-likeness (QED) is 0.832. The van der Waals surface area contributed by atoms with E-state index in [-0.39, 0.29) is 6.61 Å². The van der Waals surface area contributed by atoms with Crippen LogP contribution in [0, 0.1) is 0 Å². The molecule has 1 aliphatic rings. The monoisotopic (exact) mass is 300 g/mol. The Labute approximate surface area is 131 Å². The van der Waals surface area contributed by atoms with Crippen molar-refractivity contribution < 1.29 is 5.11 Å². The lowest BCUT2D eigenvalue weighted by atomic mass is 10.2. The molecule has 0 atom stereocenters. The van der Waals surface area contributed by atoms with E-state index in [4.69, 9.17) is 15.1 Å². The Hall–Kier alpha value is -1.88. The average molecular weight is 300 g/mol. The molecule has 0 spiro atoms. The summed E-state index contributed by atoms with van der Waals surface area (Å²) in [5.41, 5.74) is 0.975. The van der Waals surface area contributed by atoms with E-state index < -0.39 is 0 Å². The molecule has 0 amide bonds. The first kappa shape index (κ1) is 15.0. The molecule has 5 nitrogen and oxygen atoms in total. The maximum atomic E-state index is 8.97. The first-order valence-corrected chi connectivity index (χ1v) is 8.25. The summed E-state index contributed by atoms with van der Waals surface area (Å²) in [7, 11) is 0. The van der Waals surface area contributed by atoms with Gasteiger partial charge >= 0.3 is 0 Å². The van der Waals surface area contributed by atoms with E-state index in [9.17, 15) is 0 Å². The van der Waals surface area contributed by atoms with Crippen molar-refractivity contribution in [3.05, 3.63) is 24.3 Å². The van der Waals surface area contributed by atoms with Crippen molar-refractivity contribution in [2.45, 2.75) is 32.1 Å². The molecule has 1 fully saturated rings. The molecule has 0 saturated carbocycles. The predicted molar refractivity (Wildman–Crippen MR) is 90.4 cm³/mol. The Morgan fingerprint density at radius 1 is 1.05 bits per heavy atom. The summed E-state index contributed by atoms with van der Waals surface area (Å²) in [5.74, 6) is 1.70. The van der Waals surface area contributed by atoms with Gasteiger partial charge in [-0.1, -0.05) is 25.0 Å². The third kappa shape index (κ3) is 3.47. The van der Waals surface area contributed by atoms with Gasteiger partial charge in [0.25, 0.3) is 0 Å². The number of nitrogens with zero attached hydrogens (tertiary/aromatic N) is 3. The lowest BCUT2D eigenvalue weighted by Crippen LogP contribution is -2.26. The number of hydrogen-bond donors (Lipinski definition) is 2. The second-order valence-corrected chi connectivity index (χ2v) is 5.79. The molecule has 1 aromatic carbocycles. The lowest BCUT2D eigenvalue weighted by Gasteiger charge is -2.21. The van der Waals surface area contributed by atoms with Crippen molar-refractivity contribution in [3.8, 4) is 0 Å². The van der Waals surface area contributed by atoms with Crippen molar-refractivity contribution in [3.63, 3.8) is 0 Å². The molecule has 22 heavy (non-hydrogen) atoms. The molecule has 1 saturated heterocycles. The highest BCUT2D eigenvalue weighted by Crippen LogP contribution is 2.24. The van der Waals surface area contributed by atoms with Gasteiger partial charge in [-0.15, -0.1) is 0 Å². The van der Waals surface area contributed by atoms with Gasteiger partial charge in [0.2, 0.25) is 5.95 Å². The fourth-order valence-corrected chi connectivity index (χ4v) is 2.90. The summed E-state index contributed by atoms with van der Waals surface area (Å²) in [6, 6.07) is 8.10. The number of anilines is 2. The highest BCUT2D eigenvalue weighted by Gasteiger charge is 2.15. The van der Waals surface area contributed by atoms with Crippen LogP contribution in [0.3, 0.4) is 0 Å². The highest BCUT2D eigenvalue weighted by molar-refractivity contribution is 5.90. The van der Waals surface area contributed by atoms with Crippen molar-refractivity contribution in [1.82, 2.24) is 9.97 Å². The molecule has 0 unspecified atom stereocenters. The van der Waals surface area contributed by atoms with Gasteiger partial charge in [0.15, 0.2) is 0 Å². The molecule has 2 N–H and O–H groups in total. The van der Waals surface area contributed by atoms with E-state index >= 15 is 0 Å². The van der Waals surface area contributed by atoms with E-state index in [1.165, 1.54) is 25.7 Å². The van der Waals surface area contributed by atoms with Crippen LogP contribution in [-0.4, -0.2) is 41.3 Å². The summed E-state index contributed by atoms with van der Waals surface area (Å²) in [5, 5.41) is 13.4. The van der Waals surface area contributed by atoms with Gasteiger partial charge in [0.1, 0.15) is 5.82 Å². The normalized spacial score (nSPS) is 15.8. The standard InChI is InChI=1S/C17H24N4O/c22-13-7-10-18-16-14-8-3-4-9-15(14)19-17(20-16)21-11-5-1-2-6-12-21/h3-4,8-9,22H,1-2,5-7,10-13H2,(H,18,19,20). The van der Waals surface area contributed by atoms with Crippen LogP contribution in [0.1, 0.15) is 32.1 Å². The summed E-state index contributed by atoms with van der Waals surface area (Å²) in [6.45, 7) is 2.98. The summed E-state index contributed by atoms with van der Waals surface area (Å²) < 4.78 is 0. The number of nitrogens with one attached hydrogen (secondary N) is 1. The molecule has 5 heteroatoms. The third-order valence-corrected chi connectivity index (χ3v) is 4.11. The Morgan fingerprint density at radius 2 is 1.82 bits per heavy atom. The topological polar surface area (TPSA) is 61.3 Å². The zero-order chi connectivity index (χ0) is 15.2. The number of aromatic nitrogens is 2. The first-order chi connectivity index (χ1) is 10.9. The minimum absolute atomic E-state index is 0.189. The molecule has 0 radical (unpaired) electrons. The fraction of sp³-hybridized carbons (Fsp3) is 0.529.